The minimum atomic E-state index is -0.456. The number of anilines is 2. The number of hydrogen-bond donors (Lipinski definition) is 2. The fourth-order valence-electron chi connectivity index (χ4n) is 3.46. The molecule has 0 radical (unpaired) electrons. The number of carbonyl (C=O) groups excluding carboxylic acids is 2. The maximum absolute atomic E-state index is 12.6. The molecule has 0 bridgehead atoms. The first-order valence-corrected chi connectivity index (χ1v) is 11.7. The van der Waals surface area contributed by atoms with Gasteiger partial charge in [-0.3, -0.25) is 20.4 Å². The molecule has 3 aromatic carbocycles. The number of hydrazine groups is 1. The SMILES string of the molecule is O=C(NNc1ccc(OCc2ccccc2Cl)c(Br)c1)[C@@H]1CC(=O)N(c2ccc(Cl)cc2)C1. The largest absolute Gasteiger partial charge is 0.488 e. The standard InChI is InChI=1S/C24H20BrCl2N3O3/c25-20-12-18(7-10-22(20)33-14-15-3-1-2-4-21(15)27)28-29-24(32)16-11-23(31)30(13-16)19-8-5-17(26)6-9-19/h1-10,12,16,28H,11,13-14H2,(H,29,32)/t16-/m1/s1. The Morgan fingerprint density at radius 1 is 1.09 bits per heavy atom. The lowest BCUT2D eigenvalue weighted by atomic mass is 10.1. The summed E-state index contributed by atoms with van der Waals surface area (Å²) in [6.45, 7) is 0.647. The Hall–Kier alpha value is -2.74. The van der Waals surface area contributed by atoms with Gasteiger partial charge in [-0.2, -0.15) is 0 Å². The maximum Gasteiger partial charge on any atom is 0.243 e. The summed E-state index contributed by atoms with van der Waals surface area (Å²) in [6, 6.07) is 19.8. The van der Waals surface area contributed by atoms with Crippen LogP contribution in [-0.2, 0) is 16.2 Å². The molecule has 2 N–H and O–H groups in total. The van der Waals surface area contributed by atoms with E-state index in [0.29, 0.717) is 34.6 Å². The number of halogens is 3. The van der Waals surface area contributed by atoms with Gasteiger partial charge < -0.3 is 9.64 Å². The van der Waals surface area contributed by atoms with Gasteiger partial charge in [-0.15, -0.1) is 0 Å². The van der Waals surface area contributed by atoms with Crippen LogP contribution < -0.4 is 20.5 Å². The van der Waals surface area contributed by atoms with E-state index in [1.807, 2.05) is 24.3 Å². The number of amides is 2. The Morgan fingerprint density at radius 3 is 2.58 bits per heavy atom. The normalized spacial score (nSPS) is 15.4. The molecule has 33 heavy (non-hydrogen) atoms. The van der Waals surface area contributed by atoms with Crippen LogP contribution in [0.4, 0.5) is 11.4 Å². The molecule has 1 aliphatic rings. The van der Waals surface area contributed by atoms with Crippen molar-refractivity contribution in [3.63, 3.8) is 0 Å². The summed E-state index contributed by atoms with van der Waals surface area (Å²) in [5.41, 5.74) is 7.86. The number of nitrogens with zero attached hydrogens (tertiary/aromatic N) is 1. The first kappa shape index (κ1) is 23.4. The molecule has 1 atom stereocenters. The molecule has 0 aliphatic carbocycles. The van der Waals surface area contributed by atoms with E-state index in [0.717, 1.165) is 15.7 Å². The van der Waals surface area contributed by atoms with E-state index in [1.54, 1.807) is 47.4 Å². The molecule has 1 aliphatic heterocycles. The highest BCUT2D eigenvalue weighted by Crippen LogP contribution is 2.30. The van der Waals surface area contributed by atoms with E-state index in [4.69, 9.17) is 27.9 Å². The van der Waals surface area contributed by atoms with Crippen molar-refractivity contribution >= 4 is 62.3 Å². The van der Waals surface area contributed by atoms with Crippen LogP contribution in [0, 0.1) is 5.92 Å². The lowest BCUT2D eigenvalue weighted by molar-refractivity contribution is -0.125. The third kappa shape index (κ3) is 5.79. The molecule has 1 saturated heterocycles. The van der Waals surface area contributed by atoms with Crippen LogP contribution in [0.5, 0.6) is 5.75 Å². The average Bonchev–Trinajstić information content (AvgIpc) is 3.20. The second-order valence-corrected chi connectivity index (χ2v) is 9.22. The van der Waals surface area contributed by atoms with Crippen LogP contribution in [0.3, 0.4) is 0 Å². The van der Waals surface area contributed by atoms with Crippen LogP contribution >= 0.6 is 39.1 Å². The van der Waals surface area contributed by atoms with Crippen molar-refractivity contribution in [2.45, 2.75) is 13.0 Å². The van der Waals surface area contributed by atoms with Crippen LogP contribution in [0.2, 0.25) is 10.0 Å². The van der Waals surface area contributed by atoms with Crippen molar-refractivity contribution in [1.29, 1.82) is 0 Å². The highest BCUT2D eigenvalue weighted by Gasteiger charge is 2.35. The Labute approximate surface area is 209 Å². The van der Waals surface area contributed by atoms with Gasteiger partial charge in [0.05, 0.1) is 16.1 Å². The predicted octanol–water partition coefficient (Wildman–Crippen LogP) is 5.83. The first-order valence-electron chi connectivity index (χ1n) is 10.2. The molecule has 0 aromatic heterocycles. The van der Waals surface area contributed by atoms with Crippen molar-refractivity contribution in [3.8, 4) is 5.75 Å². The quantitative estimate of drug-likeness (QED) is 0.364. The zero-order valence-electron chi connectivity index (χ0n) is 17.4. The molecule has 3 aromatic rings. The summed E-state index contributed by atoms with van der Waals surface area (Å²) < 4.78 is 6.56. The number of carbonyl (C=O) groups is 2. The zero-order chi connectivity index (χ0) is 23.4. The van der Waals surface area contributed by atoms with Gasteiger partial charge in [0.15, 0.2) is 0 Å². The van der Waals surface area contributed by atoms with E-state index in [-0.39, 0.29) is 18.2 Å². The summed E-state index contributed by atoms with van der Waals surface area (Å²) >= 11 is 15.6. The fourth-order valence-corrected chi connectivity index (χ4v) is 4.27. The summed E-state index contributed by atoms with van der Waals surface area (Å²) in [7, 11) is 0. The van der Waals surface area contributed by atoms with Gasteiger partial charge >= 0.3 is 0 Å². The van der Waals surface area contributed by atoms with Gasteiger partial charge in [0.2, 0.25) is 11.8 Å². The van der Waals surface area contributed by atoms with Crippen molar-refractivity contribution in [2.24, 2.45) is 5.92 Å². The Kier molecular flexibility index (Phi) is 7.42. The number of hydrogen-bond acceptors (Lipinski definition) is 4. The molecule has 170 valence electrons. The van der Waals surface area contributed by atoms with Crippen LogP contribution in [-0.4, -0.2) is 18.4 Å². The van der Waals surface area contributed by atoms with Crippen molar-refractivity contribution in [1.82, 2.24) is 5.43 Å². The molecular formula is C24H20BrCl2N3O3. The predicted molar refractivity (Wildman–Crippen MR) is 134 cm³/mol. The van der Waals surface area contributed by atoms with E-state index in [1.165, 1.54) is 0 Å². The molecular weight excluding hydrogens is 529 g/mol. The fraction of sp³-hybridized carbons (Fsp3) is 0.167. The molecule has 9 heteroatoms. The van der Waals surface area contributed by atoms with E-state index < -0.39 is 5.92 Å². The zero-order valence-corrected chi connectivity index (χ0v) is 20.5. The third-order valence-corrected chi connectivity index (χ3v) is 6.48. The minimum Gasteiger partial charge on any atom is -0.488 e. The third-order valence-electron chi connectivity index (χ3n) is 5.24. The van der Waals surface area contributed by atoms with Gasteiger partial charge in [0, 0.05) is 34.3 Å². The molecule has 0 saturated carbocycles. The molecule has 1 fully saturated rings. The molecule has 1 heterocycles. The summed E-state index contributed by atoms with van der Waals surface area (Å²) in [6.07, 6.45) is 0.147. The number of nitrogens with one attached hydrogen (secondary N) is 2. The van der Waals surface area contributed by atoms with Gasteiger partial charge in [-0.1, -0.05) is 41.4 Å². The highest BCUT2D eigenvalue weighted by molar-refractivity contribution is 9.10. The number of benzene rings is 3. The number of ether oxygens (including phenoxy) is 1. The van der Waals surface area contributed by atoms with E-state index in [9.17, 15) is 9.59 Å². The summed E-state index contributed by atoms with van der Waals surface area (Å²) in [4.78, 5) is 26.6. The Bertz CT molecular complexity index is 1170. The van der Waals surface area contributed by atoms with Gasteiger partial charge in [-0.05, 0) is 64.5 Å². The van der Waals surface area contributed by atoms with Crippen molar-refractivity contribution < 1.29 is 14.3 Å². The average molecular weight is 549 g/mol. The van der Waals surface area contributed by atoms with Crippen molar-refractivity contribution in [2.75, 3.05) is 16.9 Å². The topological polar surface area (TPSA) is 70.7 Å². The smallest absolute Gasteiger partial charge is 0.243 e. The lowest BCUT2D eigenvalue weighted by Crippen LogP contribution is -2.36. The van der Waals surface area contributed by atoms with Crippen LogP contribution in [0.15, 0.2) is 71.2 Å². The van der Waals surface area contributed by atoms with Crippen molar-refractivity contribution in [3.05, 3.63) is 86.8 Å². The minimum absolute atomic E-state index is 0.0970. The first-order chi connectivity index (χ1) is 15.9. The van der Waals surface area contributed by atoms with Crippen LogP contribution in [0.25, 0.3) is 0 Å². The van der Waals surface area contributed by atoms with E-state index in [2.05, 4.69) is 26.8 Å². The monoisotopic (exact) mass is 547 g/mol. The maximum atomic E-state index is 12.6. The van der Waals surface area contributed by atoms with Gasteiger partial charge in [0.25, 0.3) is 0 Å². The molecule has 6 nitrogen and oxygen atoms in total. The Morgan fingerprint density at radius 2 is 1.85 bits per heavy atom. The Balaban J connectivity index is 1.31. The second kappa shape index (κ2) is 10.5. The van der Waals surface area contributed by atoms with Gasteiger partial charge in [0.1, 0.15) is 12.4 Å². The molecule has 0 spiro atoms. The van der Waals surface area contributed by atoms with Crippen LogP contribution in [0.1, 0.15) is 12.0 Å². The molecule has 2 amide bonds. The van der Waals surface area contributed by atoms with Gasteiger partial charge in [-0.25, -0.2) is 0 Å². The summed E-state index contributed by atoms with van der Waals surface area (Å²) in [5.74, 6) is -0.163. The molecule has 4 rings (SSSR count). The lowest BCUT2D eigenvalue weighted by Gasteiger charge is -2.17. The number of rotatable bonds is 7. The highest BCUT2D eigenvalue weighted by atomic mass is 79.9. The van der Waals surface area contributed by atoms with E-state index >= 15 is 0 Å². The molecule has 0 unspecified atom stereocenters. The summed E-state index contributed by atoms with van der Waals surface area (Å²) in [5, 5.41) is 1.24. The second-order valence-electron chi connectivity index (χ2n) is 7.52.